The molecule has 146 valence electrons. The largest absolute Gasteiger partial charge is 0.573 e. The molecule has 0 saturated heterocycles. The third kappa shape index (κ3) is 6.10. The van der Waals surface area contributed by atoms with Crippen LogP contribution < -0.4 is 15.8 Å². The third-order valence-electron chi connectivity index (χ3n) is 3.43. The summed E-state index contributed by atoms with van der Waals surface area (Å²) in [6, 6.07) is 7.45. The minimum atomic E-state index is -4.79. The monoisotopic (exact) mass is 389 g/mol. The second kappa shape index (κ2) is 7.78. The summed E-state index contributed by atoms with van der Waals surface area (Å²) in [5.74, 6) is -2.28. The van der Waals surface area contributed by atoms with E-state index in [4.69, 9.17) is 5.73 Å². The molecule has 5 nitrogen and oxygen atoms in total. The van der Waals surface area contributed by atoms with Crippen molar-refractivity contribution in [2.75, 3.05) is 11.9 Å². The van der Waals surface area contributed by atoms with Gasteiger partial charge in [-0.2, -0.15) is 0 Å². The van der Waals surface area contributed by atoms with Crippen LogP contribution in [0.3, 0.4) is 0 Å². The van der Waals surface area contributed by atoms with E-state index in [-0.39, 0.29) is 18.1 Å². The average molecular weight is 389 g/mol. The lowest BCUT2D eigenvalue weighted by molar-refractivity contribution is -0.274. The molecule has 10 heteroatoms. The zero-order valence-electron chi connectivity index (χ0n) is 14.0. The van der Waals surface area contributed by atoms with E-state index in [1.54, 1.807) is 0 Å². The fraction of sp³-hybridized carbons (Fsp3) is 0.235. The fourth-order valence-corrected chi connectivity index (χ4v) is 2.18. The quantitative estimate of drug-likeness (QED) is 0.416. The van der Waals surface area contributed by atoms with Crippen LogP contribution in [0, 0.1) is 11.6 Å². The molecule has 2 rings (SSSR count). The first-order valence-corrected chi connectivity index (χ1v) is 7.57. The molecule has 0 spiro atoms. The topological polar surface area (TPSA) is 79.9 Å². The Kier molecular flexibility index (Phi) is 5.89. The van der Waals surface area contributed by atoms with Gasteiger partial charge in [-0.25, -0.2) is 13.8 Å². The summed E-state index contributed by atoms with van der Waals surface area (Å²) in [5.41, 5.74) is 4.06. The smallest absolute Gasteiger partial charge is 0.406 e. The number of nitrogens with two attached hydrogens (primary N) is 1. The first-order chi connectivity index (χ1) is 12.5. The number of nitrogens with one attached hydrogen (secondary N) is 1. The summed E-state index contributed by atoms with van der Waals surface area (Å²) in [6.07, 6.45) is -4.79. The van der Waals surface area contributed by atoms with E-state index in [0.717, 1.165) is 24.3 Å². The maximum absolute atomic E-state index is 13.8. The van der Waals surface area contributed by atoms with E-state index in [1.807, 2.05) is 0 Å². The first kappa shape index (κ1) is 20.4. The van der Waals surface area contributed by atoms with Crippen molar-refractivity contribution in [1.82, 2.24) is 0 Å². The van der Waals surface area contributed by atoms with E-state index < -0.39 is 29.3 Å². The Balaban J connectivity index is 2.02. The minimum Gasteiger partial charge on any atom is -0.406 e. The van der Waals surface area contributed by atoms with Gasteiger partial charge in [0.1, 0.15) is 23.0 Å². The summed E-state index contributed by atoms with van der Waals surface area (Å²) in [6.45, 7) is 0.938. The summed E-state index contributed by atoms with van der Waals surface area (Å²) < 4.78 is 66.8. The van der Waals surface area contributed by atoms with Crippen molar-refractivity contribution >= 4 is 11.6 Å². The molecule has 0 saturated carbocycles. The molecule has 2 aromatic carbocycles. The van der Waals surface area contributed by atoms with E-state index in [2.05, 4.69) is 15.0 Å². The van der Waals surface area contributed by atoms with Crippen LogP contribution in [0.5, 0.6) is 5.75 Å². The van der Waals surface area contributed by atoms with Gasteiger partial charge in [0.25, 0.3) is 0 Å². The zero-order valence-corrected chi connectivity index (χ0v) is 14.0. The highest BCUT2D eigenvalue weighted by molar-refractivity contribution is 5.92. The Morgan fingerprint density at radius 2 is 1.78 bits per heavy atom. The van der Waals surface area contributed by atoms with Gasteiger partial charge in [-0.05, 0) is 37.3 Å². The zero-order chi connectivity index (χ0) is 20.2. The molecular formula is C17H16F5N3O2. The molecule has 27 heavy (non-hydrogen) atoms. The number of benzene rings is 2. The van der Waals surface area contributed by atoms with Gasteiger partial charge in [-0.1, -0.05) is 6.07 Å². The molecule has 0 heterocycles. The van der Waals surface area contributed by atoms with Gasteiger partial charge >= 0.3 is 6.36 Å². The molecule has 0 bridgehead atoms. The number of guanidine groups is 1. The molecule has 0 aliphatic rings. The van der Waals surface area contributed by atoms with Crippen molar-refractivity contribution in [2.45, 2.75) is 18.9 Å². The van der Waals surface area contributed by atoms with Crippen molar-refractivity contribution in [1.29, 1.82) is 0 Å². The Bertz CT molecular complexity index is 820. The SMILES string of the molecule is CC(O)(CN=C(N)Nc1ccc(OC(F)(F)F)cc1)c1ccc(F)cc1F. The molecule has 4 N–H and O–H groups in total. The molecule has 1 unspecified atom stereocenters. The Morgan fingerprint density at radius 1 is 1.15 bits per heavy atom. The second-order valence-corrected chi connectivity index (χ2v) is 5.80. The number of hydrogen-bond donors (Lipinski definition) is 3. The molecule has 0 fully saturated rings. The predicted octanol–water partition coefficient (Wildman–Crippen LogP) is 3.50. The number of ether oxygens (including phenoxy) is 1. The summed E-state index contributed by atoms with van der Waals surface area (Å²) >= 11 is 0. The molecule has 1 atom stereocenters. The van der Waals surface area contributed by atoms with E-state index in [0.29, 0.717) is 11.8 Å². The lowest BCUT2D eigenvalue weighted by Crippen LogP contribution is -2.30. The minimum absolute atomic E-state index is 0.158. The molecule has 0 amide bonds. The Morgan fingerprint density at radius 3 is 2.33 bits per heavy atom. The van der Waals surface area contributed by atoms with Crippen molar-refractivity contribution < 1.29 is 31.8 Å². The normalized spacial score (nSPS) is 14.6. The Hall–Kier alpha value is -2.88. The van der Waals surface area contributed by atoms with Gasteiger partial charge in [0.2, 0.25) is 0 Å². The lowest BCUT2D eigenvalue weighted by atomic mass is 9.95. The highest BCUT2D eigenvalue weighted by Crippen LogP contribution is 2.25. The van der Waals surface area contributed by atoms with E-state index in [1.165, 1.54) is 19.1 Å². The maximum Gasteiger partial charge on any atom is 0.573 e. The average Bonchev–Trinajstić information content (AvgIpc) is 2.53. The van der Waals surface area contributed by atoms with Crippen LogP contribution in [-0.4, -0.2) is 24.0 Å². The summed E-state index contributed by atoms with van der Waals surface area (Å²) in [4.78, 5) is 3.87. The number of hydrogen-bond acceptors (Lipinski definition) is 3. The molecule has 0 aromatic heterocycles. The fourth-order valence-electron chi connectivity index (χ4n) is 2.18. The second-order valence-electron chi connectivity index (χ2n) is 5.80. The first-order valence-electron chi connectivity index (χ1n) is 7.57. The third-order valence-corrected chi connectivity index (χ3v) is 3.43. The highest BCUT2D eigenvalue weighted by atomic mass is 19.4. The number of rotatable bonds is 5. The van der Waals surface area contributed by atoms with Crippen molar-refractivity contribution in [3.8, 4) is 5.75 Å². The summed E-state index contributed by atoms with van der Waals surface area (Å²) in [7, 11) is 0. The van der Waals surface area contributed by atoms with Gasteiger partial charge < -0.3 is 20.9 Å². The highest BCUT2D eigenvalue weighted by Gasteiger charge is 2.31. The van der Waals surface area contributed by atoms with Gasteiger partial charge in [0.05, 0.1) is 6.54 Å². The molecule has 0 aliphatic carbocycles. The van der Waals surface area contributed by atoms with Crippen molar-refractivity contribution in [2.24, 2.45) is 10.7 Å². The maximum atomic E-state index is 13.8. The standard InChI is InChI=1S/C17H16F5N3O2/c1-16(26,13-7-2-10(18)8-14(13)19)9-24-15(23)25-11-3-5-12(6-4-11)27-17(20,21)22/h2-8,26H,9H2,1H3,(H3,23,24,25). The number of aliphatic hydroxyl groups is 1. The van der Waals surface area contributed by atoms with Crippen LogP contribution in [0.1, 0.15) is 12.5 Å². The van der Waals surface area contributed by atoms with E-state index in [9.17, 15) is 27.1 Å². The molecule has 0 radical (unpaired) electrons. The predicted molar refractivity (Wildman–Crippen MR) is 89.2 cm³/mol. The van der Waals surface area contributed by atoms with Crippen LogP contribution in [-0.2, 0) is 5.60 Å². The van der Waals surface area contributed by atoms with Crippen LogP contribution in [0.4, 0.5) is 27.6 Å². The van der Waals surface area contributed by atoms with Gasteiger partial charge in [-0.3, -0.25) is 0 Å². The molecule has 0 aliphatic heterocycles. The summed E-state index contributed by atoms with van der Waals surface area (Å²) in [5, 5.41) is 12.9. The number of aliphatic imine (C=N–C) groups is 1. The van der Waals surface area contributed by atoms with Crippen LogP contribution >= 0.6 is 0 Å². The van der Waals surface area contributed by atoms with Gasteiger partial charge in [-0.15, -0.1) is 13.2 Å². The Labute approximate surface area is 151 Å². The number of alkyl halides is 3. The van der Waals surface area contributed by atoms with Crippen LogP contribution in [0.15, 0.2) is 47.5 Å². The van der Waals surface area contributed by atoms with Crippen LogP contribution in [0.2, 0.25) is 0 Å². The van der Waals surface area contributed by atoms with Gasteiger partial charge in [0.15, 0.2) is 5.96 Å². The lowest BCUT2D eigenvalue weighted by Gasteiger charge is -2.22. The molecule has 2 aromatic rings. The van der Waals surface area contributed by atoms with Crippen LogP contribution in [0.25, 0.3) is 0 Å². The van der Waals surface area contributed by atoms with Crippen molar-refractivity contribution in [3.63, 3.8) is 0 Å². The van der Waals surface area contributed by atoms with Gasteiger partial charge in [0, 0.05) is 17.3 Å². The van der Waals surface area contributed by atoms with E-state index >= 15 is 0 Å². The number of anilines is 1. The number of halogens is 5. The van der Waals surface area contributed by atoms with Crippen molar-refractivity contribution in [3.05, 3.63) is 59.7 Å². The molecular weight excluding hydrogens is 373 g/mol. The number of nitrogens with zero attached hydrogens (tertiary/aromatic N) is 1.